The molecule has 0 bridgehead atoms. The lowest BCUT2D eigenvalue weighted by atomic mass is 9.46. The Labute approximate surface area is 678 Å². The SMILES string of the molecule is C=C1CCC2[C@]3(C)CO[C@@H](C4CCCC4)O[C@@H]3CC[C@@]2(C)[C@@H]1CC=O.C=C1CCC2[C@]3(C)CO[C@@H](C4CCCC4)O[C@@H]3CC[C@@]2(C)[C@@H]1CCN1CCC(CO)C1.C=C1CCC2[C@]3(C)CO[C@@H](C4CCCC4)O[C@@H]3CC[C@@]2(C)[C@@H]1CCN1CCC(CO)C1.CC(C)(C)OC(=O)N1CCC(CO)C1.CO.Cl.OCC1CCNC1. The summed E-state index contributed by atoms with van der Waals surface area (Å²) in [7, 11) is 1.00. The van der Waals surface area contributed by atoms with Gasteiger partial charge in [-0.15, -0.1) is 12.4 Å². The third-order valence-electron chi connectivity index (χ3n) is 32.5. The molecule has 16 aliphatic rings. The number of rotatable bonds is 15. The molecule has 0 aromatic carbocycles. The number of aliphatic hydroxyl groups excluding tert-OH is 5. The first kappa shape index (κ1) is 91.2. The number of fused-ring (bicyclic) bond motifs is 9. The molecule has 7 unspecified atom stereocenters. The predicted molar refractivity (Wildman–Crippen MR) is 442 cm³/mol. The zero-order chi connectivity index (χ0) is 78.8. The van der Waals surface area contributed by atoms with Crippen molar-refractivity contribution in [2.45, 2.75) is 304 Å². The number of nitrogens with zero attached hydrogens (tertiary/aromatic N) is 3. The molecule has 0 aromatic rings. The summed E-state index contributed by atoms with van der Waals surface area (Å²) in [5.41, 5.74) is 4.95. The molecular formula is C92H159ClN4O14. The Hall–Kier alpha value is -2.11. The van der Waals surface area contributed by atoms with E-state index < -0.39 is 5.60 Å². The molecule has 0 spiro atoms. The number of nitrogens with one attached hydrogen (secondary N) is 1. The summed E-state index contributed by atoms with van der Waals surface area (Å²) in [5, 5.41) is 46.6. The number of halogens is 1. The fourth-order valence-corrected chi connectivity index (χ4v) is 26.1. The van der Waals surface area contributed by atoms with Gasteiger partial charge in [0.1, 0.15) is 11.9 Å². The maximum atomic E-state index is 11.5. The number of aliphatic hydroxyl groups is 5. The van der Waals surface area contributed by atoms with E-state index in [1.54, 1.807) is 4.90 Å². The van der Waals surface area contributed by atoms with Gasteiger partial charge in [-0.3, -0.25) is 0 Å². The van der Waals surface area contributed by atoms with E-state index in [1.807, 2.05) is 20.8 Å². The lowest BCUT2D eigenvalue weighted by molar-refractivity contribution is -0.316. The molecule has 9 aliphatic carbocycles. The molecule has 0 radical (unpaired) electrons. The van der Waals surface area contributed by atoms with Gasteiger partial charge in [0.2, 0.25) is 0 Å². The first-order valence-electron chi connectivity index (χ1n) is 45.0. The van der Waals surface area contributed by atoms with Crippen LogP contribution in [0.3, 0.4) is 0 Å². The second kappa shape index (κ2) is 40.3. The topological polar surface area (TPSA) is 222 Å². The van der Waals surface area contributed by atoms with Crippen molar-refractivity contribution in [2.75, 3.05) is 119 Å². The van der Waals surface area contributed by atoms with Crippen LogP contribution in [0, 0.1) is 109 Å². The average molecular weight is 1580 g/mol. The number of likely N-dealkylation sites (tertiary alicyclic amines) is 3. The van der Waals surface area contributed by atoms with Gasteiger partial charge in [-0.2, -0.15) is 0 Å². The van der Waals surface area contributed by atoms with Crippen LogP contribution in [0.15, 0.2) is 36.5 Å². The van der Waals surface area contributed by atoms with Gasteiger partial charge < -0.3 is 83.5 Å². The van der Waals surface area contributed by atoms with Crippen LogP contribution in [0.25, 0.3) is 0 Å². The summed E-state index contributed by atoms with van der Waals surface area (Å²) >= 11 is 0. The second-order valence-electron chi connectivity index (χ2n) is 40.7. The highest BCUT2D eigenvalue weighted by Gasteiger charge is 2.64. The van der Waals surface area contributed by atoms with Gasteiger partial charge in [0.05, 0.1) is 38.1 Å². The van der Waals surface area contributed by atoms with E-state index in [9.17, 15) is 19.8 Å². The number of ether oxygens (including phenoxy) is 7. The Kier molecular flexibility index (Phi) is 33.1. The lowest BCUT2D eigenvalue weighted by Crippen LogP contribution is -2.62. The maximum Gasteiger partial charge on any atom is 0.410 e. The minimum Gasteiger partial charge on any atom is -0.444 e. The van der Waals surface area contributed by atoms with Crippen LogP contribution >= 0.6 is 12.4 Å². The minimum absolute atomic E-state index is 0. The van der Waals surface area contributed by atoms with E-state index in [2.05, 4.69) is 76.4 Å². The van der Waals surface area contributed by atoms with Crippen molar-refractivity contribution < 1.29 is 68.3 Å². The molecule has 1 amide bonds. The standard InChI is InChI=1S/2C27H45NO3.C22H34O3.C10H19NO3.C5H11NO.CH4O.ClH/c2*1-19-8-9-23-26(2,22(19)12-15-28-14-11-20(16-28)17-29)13-10-24-27(23,3)18-30-25(31-24)21-6-4-5-7-21;1-15-8-9-18-21(2,17(15)11-13-23)12-10-19-22(18,3)14-24-20(25-19)16-6-4-5-7-16;1-10(2,3)14-9(13)11-5-4-8(6-11)7-12;7-4-5-1-2-6-3-5;1-2;/h2*20-25,29H,1,4-18H2,2-3H3;13,16-20H,1,4-12,14H2,2-3H3;8,12H,4-7H2,1-3H3;5-7H,1-4H2;2H,1H3;1H/t2*20?,22-,23?,24-,25-,26+,27+;17-,18?,19-,20-,21+,22+;;;;/m111..../s1. The van der Waals surface area contributed by atoms with Crippen molar-refractivity contribution in [3.05, 3.63) is 36.5 Å². The summed E-state index contributed by atoms with van der Waals surface area (Å²) < 4.78 is 44.5. The van der Waals surface area contributed by atoms with Crippen LogP contribution in [0.2, 0.25) is 0 Å². The average Bonchev–Trinajstić information content (AvgIpc) is 1.50. The monoisotopic (exact) mass is 1580 g/mol. The molecule has 18 nitrogen and oxygen atoms in total. The van der Waals surface area contributed by atoms with Crippen molar-refractivity contribution in [1.29, 1.82) is 0 Å². The smallest absolute Gasteiger partial charge is 0.410 e. The van der Waals surface area contributed by atoms with Crippen LogP contribution in [-0.4, -0.2) is 214 Å². The molecule has 16 fully saturated rings. The first-order valence-corrected chi connectivity index (χ1v) is 45.0. The molecular weight excluding hydrogens is 1420 g/mol. The third kappa shape index (κ3) is 20.7. The Balaban J connectivity index is 0.000000155. The molecule has 6 N–H and O–H groups in total. The molecule has 16 rings (SSSR count). The maximum absolute atomic E-state index is 11.5. The molecule has 22 atom stereocenters. The zero-order valence-corrected chi connectivity index (χ0v) is 72.1. The van der Waals surface area contributed by atoms with E-state index in [4.69, 9.17) is 48.5 Å². The summed E-state index contributed by atoms with van der Waals surface area (Å²) in [6, 6.07) is 0. The molecule has 638 valence electrons. The molecule has 0 aromatic heterocycles. The first-order chi connectivity index (χ1) is 52.7. The Morgan fingerprint density at radius 3 is 1.15 bits per heavy atom. The van der Waals surface area contributed by atoms with E-state index in [0.29, 0.717) is 139 Å². The summed E-state index contributed by atoms with van der Waals surface area (Å²) in [6.45, 7) is 47.8. The van der Waals surface area contributed by atoms with Gasteiger partial charge in [0.15, 0.2) is 18.9 Å². The van der Waals surface area contributed by atoms with Crippen LogP contribution < -0.4 is 5.32 Å². The van der Waals surface area contributed by atoms with Gasteiger partial charge in [-0.1, -0.05) is 117 Å². The highest BCUT2D eigenvalue weighted by molar-refractivity contribution is 5.85. The second-order valence-corrected chi connectivity index (χ2v) is 40.7. The van der Waals surface area contributed by atoms with Crippen molar-refractivity contribution in [1.82, 2.24) is 20.0 Å². The quantitative estimate of drug-likeness (QED) is 0.0663. The molecule has 7 aliphatic heterocycles. The fraction of sp³-hybridized carbons (Fsp3) is 0.913. The Bertz CT molecular complexity index is 2820. The van der Waals surface area contributed by atoms with Gasteiger partial charge in [-0.25, -0.2) is 4.79 Å². The van der Waals surface area contributed by atoms with Crippen LogP contribution in [0.1, 0.15) is 261 Å². The van der Waals surface area contributed by atoms with E-state index in [1.165, 1.54) is 164 Å². The zero-order valence-electron chi connectivity index (χ0n) is 71.3. The van der Waals surface area contributed by atoms with Gasteiger partial charge in [-0.05, 0) is 277 Å². The van der Waals surface area contributed by atoms with Crippen LogP contribution in [0.5, 0.6) is 0 Å². The summed E-state index contributed by atoms with van der Waals surface area (Å²) in [5.74, 6) is 6.98. The number of hydrogen-bond acceptors (Lipinski definition) is 17. The largest absolute Gasteiger partial charge is 0.444 e. The molecule has 9 saturated carbocycles. The van der Waals surface area contributed by atoms with Gasteiger partial charge >= 0.3 is 6.09 Å². The van der Waals surface area contributed by atoms with E-state index in [-0.39, 0.29) is 71.6 Å². The fourth-order valence-electron chi connectivity index (χ4n) is 26.1. The highest BCUT2D eigenvalue weighted by atomic mass is 35.5. The number of carbonyl (C=O) groups excluding carboxylic acids is 2. The molecule has 7 saturated heterocycles. The summed E-state index contributed by atoms with van der Waals surface area (Å²) in [6.07, 6.45) is 39.2. The van der Waals surface area contributed by atoms with Crippen molar-refractivity contribution >= 4 is 24.8 Å². The number of carbonyl (C=O) groups is 2. The van der Waals surface area contributed by atoms with Crippen molar-refractivity contribution in [2.24, 2.45) is 109 Å². The van der Waals surface area contributed by atoms with Crippen molar-refractivity contribution in [3.8, 4) is 0 Å². The number of amides is 1. The predicted octanol–water partition coefficient (Wildman–Crippen LogP) is 15.8. The third-order valence-corrected chi connectivity index (χ3v) is 32.5. The minimum atomic E-state index is -0.436. The number of aldehydes is 1. The van der Waals surface area contributed by atoms with Crippen molar-refractivity contribution in [3.63, 3.8) is 0 Å². The van der Waals surface area contributed by atoms with Crippen LogP contribution in [0.4, 0.5) is 4.79 Å². The lowest BCUT2D eigenvalue weighted by Gasteiger charge is -2.63. The van der Waals surface area contributed by atoms with Gasteiger partial charge in [0.25, 0.3) is 0 Å². The number of hydrogen-bond donors (Lipinski definition) is 6. The van der Waals surface area contributed by atoms with Crippen LogP contribution in [-0.2, 0) is 38.0 Å². The van der Waals surface area contributed by atoms with Gasteiger partial charge in [0, 0.05) is 113 Å². The summed E-state index contributed by atoms with van der Waals surface area (Å²) in [4.78, 5) is 29.7. The molecule has 7 heterocycles. The van der Waals surface area contributed by atoms with E-state index >= 15 is 0 Å². The van der Waals surface area contributed by atoms with E-state index in [0.717, 1.165) is 131 Å². The Morgan fingerprint density at radius 1 is 0.486 bits per heavy atom. The highest BCUT2D eigenvalue weighted by Crippen LogP contribution is 2.67. The molecule has 111 heavy (non-hydrogen) atoms. The number of allylic oxidation sites excluding steroid dienone is 3. The molecule has 19 heteroatoms. The Morgan fingerprint density at radius 2 is 0.838 bits per heavy atom. The normalized spacial score (nSPS) is 41.8.